The summed E-state index contributed by atoms with van der Waals surface area (Å²) in [5.74, 6) is -0.303. The molecule has 3 rings (SSSR count). The molecule has 3 aromatic rings. The third kappa shape index (κ3) is 2.39. The third-order valence-corrected chi connectivity index (χ3v) is 3.33. The van der Waals surface area contributed by atoms with Crippen LogP contribution in [0.15, 0.2) is 42.6 Å². The van der Waals surface area contributed by atoms with E-state index < -0.39 is 0 Å². The Morgan fingerprint density at radius 1 is 1.26 bits per heavy atom. The van der Waals surface area contributed by atoms with Gasteiger partial charge in [-0.2, -0.15) is 5.10 Å². The van der Waals surface area contributed by atoms with Gasteiger partial charge in [-0.3, -0.25) is 5.10 Å². The molecule has 0 atom stereocenters. The maximum absolute atomic E-state index is 13.6. The van der Waals surface area contributed by atoms with Crippen molar-refractivity contribution in [2.24, 2.45) is 0 Å². The minimum atomic E-state index is -0.303. The molecule has 0 aliphatic rings. The molecule has 0 spiro atoms. The van der Waals surface area contributed by atoms with Crippen molar-refractivity contribution in [3.05, 3.63) is 59.0 Å². The Morgan fingerprint density at radius 2 is 2.16 bits per heavy atom. The van der Waals surface area contributed by atoms with Gasteiger partial charge in [-0.1, -0.05) is 17.7 Å². The fourth-order valence-electron chi connectivity index (χ4n) is 1.94. The molecule has 0 bridgehead atoms. The second-order valence-electron chi connectivity index (χ2n) is 4.23. The number of aromatic nitrogens is 2. The lowest BCUT2D eigenvalue weighted by Gasteiger charge is -2.09. The van der Waals surface area contributed by atoms with Crippen molar-refractivity contribution in [3.8, 4) is 0 Å². The first-order chi connectivity index (χ1) is 9.24. The Morgan fingerprint density at radius 3 is 3.00 bits per heavy atom. The van der Waals surface area contributed by atoms with Gasteiger partial charge in [0.25, 0.3) is 0 Å². The first-order valence-corrected chi connectivity index (χ1v) is 6.22. The van der Waals surface area contributed by atoms with Crippen LogP contribution in [-0.2, 0) is 6.54 Å². The second kappa shape index (κ2) is 4.90. The van der Waals surface area contributed by atoms with Crippen molar-refractivity contribution in [2.45, 2.75) is 6.54 Å². The predicted molar refractivity (Wildman–Crippen MR) is 74.8 cm³/mol. The van der Waals surface area contributed by atoms with Crippen molar-refractivity contribution in [3.63, 3.8) is 0 Å². The summed E-state index contributed by atoms with van der Waals surface area (Å²) in [5, 5.41) is 11.5. The number of hydrogen-bond donors (Lipinski definition) is 2. The van der Waals surface area contributed by atoms with Crippen molar-refractivity contribution >= 4 is 28.2 Å². The zero-order chi connectivity index (χ0) is 13.2. The molecule has 1 aromatic heterocycles. The Bertz CT molecular complexity index is 703. The molecule has 1 heterocycles. The van der Waals surface area contributed by atoms with E-state index in [0.29, 0.717) is 17.1 Å². The van der Waals surface area contributed by atoms with E-state index >= 15 is 0 Å². The number of rotatable bonds is 3. The fraction of sp³-hybridized carbons (Fsp3) is 0.0714. The van der Waals surface area contributed by atoms with E-state index in [1.54, 1.807) is 18.3 Å². The fourth-order valence-corrected chi connectivity index (χ4v) is 2.17. The van der Waals surface area contributed by atoms with E-state index in [4.69, 9.17) is 11.6 Å². The number of nitrogens with one attached hydrogen (secondary N) is 2. The largest absolute Gasteiger partial charge is 0.381 e. The molecule has 2 aromatic carbocycles. The number of halogens is 2. The average molecular weight is 276 g/mol. The van der Waals surface area contributed by atoms with Crippen molar-refractivity contribution < 1.29 is 4.39 Å². The zero-order valence-electron chi connectivity index (χ0n) is 9.95. The van der Waals surface area contributed by atoms with Gasteiger partial charge in [0.2, 0.25) is 0 Å². The van der Waals surface area contributed by atoms with Crippen LogP contribution in [0.4, 0.5) is 10.1 Å². The van der Waals surface area contributed by atoms with Gasteiger partial charge in [-0.25, -0.2) is 4.39 Å². The maximum Gasteiger partial charge on any atom is 0.129 e. The van der Waals surface area contributed by atoms with Crippen LogP contribution >= 0.6 is 11.6 Å². The van der Waals surface area contributed by atoms with Gasteiger partial charge in [0.1, 0.15) is 5.82 Å². The monoisotopic (exact) mass is 275 g/mol. The SMILES string of the molecule is Fc1cccc(Cl)c1CNc1ccc2cn[nH]c2c1. The van der Waals surface area contributed by atoms with Gasteiger partial charge in [0.05, 0.1) is 11.7 Å². The van der Waals surface area contributed by atoms with Crippen LogP contribution in [0, 0.1) is 5.82 Å². The molecule has 0 aliphatic heterocycles. The average Bonchev–Trinajstić information content (AvgIpc) is 2.85. The van der Waals surface area contributed by atoms with Crippen molar-refractivity contribution in [1.82, 2.24) is 10.2 Å². The normalized spacial score (nSPS) is 10.8. The number of anilines is 1. The Balaban J connectivity index is 1.82. The smallest absolute Gasteiger partial charge is 0.129 e. The first-order valence-electron chi connectivity index (χ1n) is 5.84. The molecule has 0 unspecified atom stereocenters. The van der Waals surface area contributed by atoms with Gasteiger partial charge in [-0.15, -0.1) is 0 Å². The van der Waals surface area contributed by atoms with Crippen LogP contribution in [-0.4, -0.2) is 10.2 Å². The second-order valence-corrected chi connectivity index (χ2v) is 4.63. The summed E-state index contributed by atoms with van der Waals surface area (Å²) >= 11 is 5.98. The van der Waals surface area contributed by atoms with E-state index in [2.05, 4.69) is 15.5 Å². The van der Waals surface area contributed by atoms with Crippen LogP contribution < -0.4 is 5.32 Å². The van der Waals surface area contributed by atoms with Crippen LogP contribution in [0.25, 0.3) is 10.9 Å². The minimum Gasteiger partial charge on any atom is -0.381 e. The van der Waals surface area contributed by atoms with Crippen LogP contribution in [0.3, 0.4) is 0 Å². The van der Waals surface area contributed by atoms with Crippen molar-refractivity contribution in [1.29, 1.82) is 0 Å². The van der Waals surface area contributed by atoms with Gasteiger partial charge in [-0.05, 0) is 30.3 Å². The summed E-state index contributed by atoms with van der Waals surface area (Å²) in [6.45, 7) is 0.338. The summed E-state index contributed by atoms with van der Waals surface area (Å²) in [6, 6.07) is 10.5. The van der Waals surface area contributed by atoms with Gasteiger partial charge in [0.15, 0.2) is 0 Å². The van der Waals surface area contributed by atoms with E-state index in [-0.39, 0.29) is 5.82 Å². The number of fused-ring (bicyclic) bond motifs is 1. The van der Waals surface area contributed by atoms with Crippen LogP contribution in [0.1, 0.15) is 5.56 Å². The molecule has 19 heavy (non-hydrogen) atoms. The van der Waals surface area contributed by atoms with Crippen LogP contribution in [0.2, 0.25) is 5.02 Å². The summed E-state index contributed by atoms with van der Waals surface area (Å²) in [6.07, 6.45) is 1.76. The van der Waals surface area contributed by atoms with Crippen molar-refractivity contribution in [2.75, 3.05) is 5.32 Å². The lowest BCUT2D eigenvalue weighted by molar-refractivity contribution is 0.613. The number of H-pyrrole nitrogens is 1. The molecule has 0 saturated heterocycles. The molecular weight excluding hydrogens is 265 g/mol. The van der Waals surface area contributed by atoms with Gasteiger partial charge < -0.3 is 5.32 Å². The van der Waals surface area contributed by atoms with E-state index in [9.17, 15) is 4.39 Å². The highest BCUT2D eigenvalue weighted by Gasteiger charge is 2.06. The Hall–Kier alpha value is -2.07. The lowest BCUT2D eigenvalue weighted by atomic mass is 10.2. The van der Waals surface area contributed by atoms with Crippen LogP contribution in [0.5, 0.6) is 0 Å². The number of aromatic amines is 1. The summed E-state index contributed by atoms with van der Waals surface area (Å²) in [7, 11) is 0. The molecule has 96 valence electrons. The molecule has 2 N–H and O–H groups in total. The number of nitrogens with zero attached hydrogens (tertiary/aromatic N) is 1. The van der Waals surface area contributed by atoms with E-state index in [1.165, 1.54) is 6.07 Å². The van der Waals surface area contributed by atoms with E-state index in [1.807, 2.05) is 18.2 Å². The maximum atomic E-state index is 13.6. The highest BCUT2D eigenvalue weighted by Crippen LogP contribution is 2.21. The molecule has 0 amide bonds. The molecule has 0 aliphatic carbocycles. The number of hydrogen-bond acceptors (Lipinski definition) is 2. The molecule has 5 heteroatoms. The minimum absolute atomic E-state index is 0.303. The summed E-state index contributed by atoms with van der Waals surface area (Å²) in [5.41, 5.74) is 2.29. The molecule has 3 nitrogen and oxygen atoms in total. The molecule has 0 radical (unpaired) electrons. The zero-order valence-corrected chi connectivity index (χ0v) is 10.7. The first kappa shape index (κ1) is 12.0. The molecule has 0 saturated carbocycles. The topological polar surface area (TPSA) is 40.7 Å². The Kier molecular flexibility index (Phi) is 3.09. The Labute approximate surface area is 114 Å². The van der Waals surface area contributed by atoms with Gasteiger partial charge in [0, 0.05) is 28.2 Å². The molecular formula is C14H11ClFN3. The van der Waals surface area contributed by atoms with E-state index in [0.717, 1.165) is 16.6 Å². The highest BCUT2D eigenvalue weighted by atomic mass is 35.5. The summed E-state index contributed by atoms with van der Waals surface area (Å²) in [4.78, 5) is 0. The standard InChI is InChI=1S/C14H11ClFN3/c15-12-2-1-3-13(16)11(12)8-17-10-5-4-9-7-18-19-14(9)6-10/h1-7,17H,8H2,(H,18,19). The van der Waals surface area contributed by atoms with Gasteiger partial charge >= 0.3 is 0 Å². The highest BCUT2D eigenvalue weighted by molar-refractivity contribution is 6.31. The number of benzene rings is 2. The quantitative estimate of drug-likeness (QED) is 0.759. The summed E-state index contributed by atoms with van der Waals surface area (Å²) < 4.78 is 13.6. The molecule has 0 fully saturated rings. The lowest BCUT2D eigenvalue weighted by Crippen LogP contribution is -2.02. The predicted octanol–water partition coefficient (Wildman–Crippen LogP) is 3.97. The third-order valence-electron chi connectivity index (χ3n) is 2.97.